The molecule has 0 spiro atoms. The van der Waals surface area contributed by atoms with Gasteiger partial charge >= 0.3 is 5.97 Å². The molecule has 0 aromatic heterocycles. The van der Waals surface area contributed by atoms with Crippen LogP contribution in [0.2, 0.25) is 0 Å². The van der Waals surface area contributed by atoms with Crippen LogP contribution in [0.1, 0.15) is 27.2 Å². The molecule has 70 valence electrons. The third-order valence-electron chi connectivity index (χ3n) is 1.10. The Morgan fingerprint density at radius 2 is 2.00 bits per heavy atom. The van der Waals surface area contributed by atoms with Gasteiger partial charge in [0.25, 0.3) is 0 Å². The Morgan fingerprint density at radius 1 is 1.50 bits per heavy atom. The van der Waals surface area contributed by atoms with E-state index in [0.717, 1.165) is 0 Å². The predicted molar refractivity (Wildman–Crippen MR) is 46.7 cm³/mol. The van der Waals surface area contributed by atoms with Gasteiger partial charge in [0.1, 0.15) is 5.60 Å². The van der Waals surface area contributed by atoms with Crippen LogP contribution in [-0.2, 0) is 9.53 Å². The van der Waals surface area contributed by atoms with Gasteiger partial charge < -0.3 is 9.84 Å². The highest BCUT2D eigenvalue weighted by atomic mass is 16.6. The van der Waals surface area contributed by atoms with Crippen molar-refractivity contribution in [1.29, 1.82) is 0 Å². The number of rotatable bonds is 3. The summed E-state index contributed by atoms with van der Waals surface area (Å²) in [6.07, 6.45) is 0.273. The van der Waals surface area contributed by atoms with Crippen molar-refractivity contribution in [3.05, 3.63) is 12.2 Å². The van der Waals surface area contributed by atoms with Gasteiger partial charge in [0.2, 0.25) is 0 Å². The van der Waals surface area contributed by atoms with E-state index in [1.165, 1.54) is 0 Å². The van der Waals surface area contributed by atoms with Gasteiger partial charge in [-0.3, -0.25) is 0 Å². The van der Waals surface area contributed by atoms with Crippen molar-refractivity contribution in [1.82, 2.24) is 0 Å². The second-order valence-electron chi connectivity index (χ2n) is 3.58. The minimum absolute atomic E-state index is 0.0714. The summed E-state index contributed by atoms with van der Waals surface area (Å²) in [5.41, 5.74) is -0.178. The third-order valence-corrected chi connectivity index (χ3v) is 1.10. The van der Waals surface area contributed by atoms with E-state index in [-0.39, 0.29) is 13.0 Å². The lowest BCUT2D eigenvalue weighted by molar-refractivity contribution is -0.150. The smallest absolute Gasteiger partial charge is 0.334 e. The summed E-state index contributed by atoms with van der Waals surface area (Å²) in [6, 6.07) is 0. The molecular weight excluding hydrogens is 156 g/mol. The number of hydrogen-bond donors (Lipinski definition) is 1. The van der Waals surface area contributed by atoms with E-state index in [2.05, 4.69) is 6.58 Å². The number of carbonyl (C=O) groups excluding carboxylic acids is 1. The third kappa shape index (κ3) is 4.91. The topological polar surface area (TPSA) is 46.5 Å². The highest BCUT2D eigenvalue weighted by molar-refractivity contribution is 5.87. The van der Waals surface area contributed by atoms with Crippen LogP contribution < -0.4 is 0 Å². The highest BCUT2D eigenvalue weighted by Crippen LogP contribution is 2.11. The molecule has 3 nitrogen and oxygen atoms in total. The van der Waals surface area contributed by atoms with Crippen LogP contribution in [0.3, 0.4) is 0 Å². The second-order valence-corrected chi connectivity index (χ2v) is 3.58. The highest BCUT2D eigenvalue weighted by Gasteiger charge is 2.17. The van der Waals surface area contributed by atoms with Crippen LogP contribution in [-0.4, -0.2) is 23.3 Å². The molecule has 0 aliphatic heterocycles. The molecule has 0 aliphatic rings. The van der Waals surface area contributed by atoms with Gasteiger partial charge in [-0.25, -0.2) is 4.79 Å². The lowest BCUT2D eigenvalue weighted by Gasteiger charge is -2.19. The summed E-state index contributed by atoms with van der Waals surface area (Å²) in [7, 11) is 0. The number of esters is 1. The first-order valence-electron chi connectivity index (χ1n) is 3.89. The van der Waals surface area contributed by atoms with Gasteiger partial charge in [0, 0.05) is 18.6 Å². The molecule has 0 bridgehead atoms. The van der Waals surface area contributed by atoms with Crippen molar-refractivity contribution < 1.29 is 14.6 Å². The van der Waals surface area contributed by atoms with Crippen molar-refractivity contribution in [2.75, 3.05) is 6.61 Å². The van der Waals surface area contributed by atoms with Gasteiger partial charge in [-0.05, 0) is 20.8 Å². The molecule has 0 amide bonds. The first kappa shape index (κ1) is 11.2. The number of aliphatic hydroxyl groups is 1. The van der Waals surface area contributed by atoms with E-state index in [0.29, 0.717) is 5.57 Å². The first-order valence-corrected chi connectivity index (χ1v) is 3.89. The SMILES string of the molecule is C=C(CCO)C(=O)OC(C)(C)C. The molecule has 0 atom stereocenters. The molecule has 0 aromatic rings. The molecule has 1 N–H and O–H groups in total. The fourth-order valence-corrected chi connectivity index (χ4v) is 0.587. The minimum atomic E-state index is -0.491. The maximum absolute atomic E-state index is 11.1. The van der Waals surface area contributed by atoms with Gasteiger partial charge in [-0.15, -0.1) is 0 Å². The molecular formula is C9H16O3. The zero-order valence-corrected chi connectivity index (χ0v) is 7.89. The Labute approximate surface area is 73.0 Å². The van der Waals surface area contributed by atoms with Crippen LogP contribution in [0.15, 0.2) is 12.2 Å². The molecule has 0 saturated heterocycles. The van der Waals surface area contributed by atoms with Gasteiger partial charge in [-0.1, -0.05) is 6.58 Å². The maximum atomic E-state index is 11.1. The Bertz CT molecular complexity index is 177. The van der Waals surface area contributed by atoms with Crippen molar-refractivity contribution in [3.63, 3.8) is 0 Å². The fourth-order valence-electron chi connectivity index (χ4n) is 0.587. The molecule has 3 heteroatoms. The summed E-state index contributed by atoms with van der Waals surface area (Å²) < 4.78 is 5.00. The zero-order valence-electron chi connectivity index (χ0n) is 7.89. The molecule has 0 aromatic carbocycles. The fraction of sp³-hybridized carbons (Fsp3) is 0.667. The molecule has 0 aliphatic carbocycles. The Morgan fingerprint density at radius 3 is 2.33 bits per heavy atom. The van der Waals surface area contributed by atoms with Crippen LogP contribution in [0.4, 0.5) is 0 Å². The summed E-state index contributed by atoms with van der Waals surface area (Å²) in [4.78, 5) is 11.1. The lowest BCUT2D eigenvalue weighted by atomic mass is 10.2. The molecule has 0 unspecified atom stereocenters. The molecule has 0 rings (SSSR count). The van der Waals surface area contributed by atoms with Gasteiger partial charge in [0.15, 0.2) is 0 Å². The molecule has 0 radical (unpaired) electrons. The Hall–Kier alpha value is -0.830. The first-order chi connectivity index (χ1) is 5.37. The zero-order chi connectivity index (χ0) is 9.78. The molecule has 0 saturated carbocycles. The second kappa shape index (κ2) is 4.26. The normalized spacial score (nSPS) is 11.0. The molecule has 0 heterocycles. The predicted octanol–water partition coefficient (Wildman–Crippen LogP) is 1.27. The van der Waals surface area contributed by atoms with Crippen molar-refractivity contribution in [3.8, 4) is 0 Å². The van der Waals surface area contributed by atoms with Crippen LogP contribution in [0, 0.1) is 0 Å². The average Bonchev–Trinajstić information content (AvgIpc) is 1.84. The van der Waals surface area contributed by atoms with E-state index in [1.807, 2.05) is 0 Å². The number of carbonyl (C=O) groups is 1. The summed E-state index contributed by atoms with van der Waals surface area (Å²) >= 11 is 0. The summed E-state index contributed by atoms with van der Waals surface area (Å²) in [5, 5.41) is 8.52. The quantitative estimate of drug-likeness (QED) is 0.515. The van der Waals surface area contributed by atoms with Gasteiger partial charge in [0.05, 0.1) is 0 Å². The van der Waals surface area contributed by atoms with Crippen LogP contribution in [0.5, 0.6) is 0 Å². The van der Waals surface area contributed by atoms with Crippen LogP contribution >= 0.6 is 0 Å². The lowest BCUT2D eigenvalue weighted by Crippen LogP contribution is -2.24. The summed E-state index contributed by atoms with van der Waals surface area (Å²) in [5.74, 6) is -0.434. The Balaban J connectivity index is 3.97. The van der Waals surface area contributed by atoms with Crippen molar-refractivity contribution >= 4 is 5.97 Å². The van der Waals surface area contributed by atoms with E-state index < -0.39 is 11.6 Å². The number of ether oxygens (including phenoxy) is 1. The number of hydrogen-bond acceptors (Lipinski definition) is 3. The van der Waals surface area contributed by atoms with E-state index >= 15 is 0 Å². The van der Waals surface area contributed by atoms with E-state index in [1.54, 1.807) is 20.8 Å². The number of aliphatic hydroxyl groups excluding tert-OH is 1. The molecule has 12 heavy (non-hydrogen) atoms. The Kier molecular flexibility index (Phi) is 3.96. The standard InChI is InChI=1S/C9H16O3/c1-7(5-6-10)8(11)12-9(2,3)4/h10H,1,5-6H2,2-4H3. The van der Waals surface area contributed by atoms with Crippen molar-refractivity contribution in [2.45, 2.75) is 32.8 Å². The van der Waals surface area contributed by atoms with E-state index in [9.17, 15) is 4.79 Å². The van der Waals surface area contributed by atoms with Crippen LogP contribution in [0.25, 0.3) is 0 Å². The minimum Gasteiger partial charge on any atom is -0.457 e. The monoisotopic (exact) mass is 172 g/mol. The maximum Gasteiger partial charge on any atom is 0.334 e. The largest absolute Gasteiger partial charge is 0.457 e. The molecule has 0 fully saturated rings. The summed E-state index contributed by atoms with van der Waals surface area (Å²) in [6.45, 7) is 8.79. The van der Waals surface area contributed by atoms with Gasteiger partial charge in [-0.2, -0.15) is 0 Å². The van der Waals surface area contributed by atoms with Crippen molar-refractivity contribution in [2.24, 2.45) is 0 Å². The average molecular weight is 172 g/mol. The van der Waals surface area contributed by atoms with E-state index in [4.69, 9.17) is 9.84 Å².